The number of hydrogen-bond donors (Lipinski definition) is 2. The van der Waals surface area contributed by atoms with Crippen LogP contribution in [0.15, 0.2) is 27.7 Å². The van der Waals surface area contributed by atoms with Crippen LogP contribution in [0, 0.1) is 6.92 Å². The van der Waals surface area contributed by atoms with Gasteiger partial charge in [-0.05, 0) is 41.9 Å². The van der Waals surface area contributed by atoms with Crippen LogP contribution in [0.1, 0.15) is 12.6 Å². The number of nitrogens with one attached hydrogen (secondary N) is 2. The van der Waals surface area contributed by atoms with E-state index in [4.69, 9.17) is 16.3 Å². The zero-order valence-corrected chi connectivity index (χ0v) is 14.4. The molecule has 1 heterocycles. The predicted octanol–water partition coefficient (Wildman–Crippen LogP) is 3.33. The average molecular weight is 395 g/mol. The molecule has 0 aliphatic heterocycles. The Hall–Kier alpha value is -1.25. The van der Waals surface area contributed by atoms with Crippen molar-refractivity contribution in [3.8, 4) is 5.75 Å². The van der Waals surface area contributed by atoms with Crippen LogP contribution in [0.2, 0.25) is 5.02 Å². The van der Waals surface area contributed by atoms with E-state index in [0.29, 0.717) is 27.5 Å². The third-order valence-corrected chi connectivity index (χ3v) is 4.90. The summed E-state index contributed by atoms with van der Waals surface area (Å²) in [6.07, 6.45) is 1.25. The van der Waals surface area contributed by atoms with Gasteiger partial charge in [-0.3, -0.25) is 9.82 Å². The minimum Gasteiger partial charge on any atom is -0.490 e. The molecule has 2 aromatic rings. The van der Waals surface area contributed by atoms with Crippen molar-refractivity contribution in [2.24, 2.45) is 0 Å². The van der Waals surface area contributed by atoms with Crippen LogP contribution in [0.4, 0.5) is 5.69 Å². The number of ether oxygens (including phenoxy) is 1. The molecule has 21 heavy (non-hydrogen) atoms. The summed E-state index contributed by atoms with van der Waals surface area (Å²) >= 11 is 9.28. The fourth-order valence-corrected chi connectivity index (χ4v) is 3.85. The van der Waals surface area contributed by atoms with Crippen LogP contribution in [0.5, 0.6) is 5.75 Å². The van der Waals surface area contributed by atoms with E-state index in [0.717, 1.165) is 0 Å². The molecule has 2 rings (SSSR count). The van der Waals surface area contributed by atoms with Gasteiger partial charge < -0.3 is 4.74 Å². The number of aromatic amines is 1. The molecule has 0 aliphatic carbocycles. The molecule has 0 bridgehead atoms. The average Bonchev–Trinajstić information content (AvgIpc) is 2.80. The molecule has 0 saturated carbocycles. The number of anilines is 1. The molecule has 9 heteroatoms. The first-order valence-electron chi connectivity index (χ1n) is 5.99. The fraction of sp³-hybridized carbons (Fsp3) is 0.250. The summed E-state index contributed by atoms with van der Waals surface area (Å²) in [6.45, 7) is 3.82. The zero-order valence-electron chi connectivity index (χ0n) is 11.3. The van der Waals surface area contributed by atoms with E-state index in [1.807, 2.05) is 0 Å². The van der Waals surface area contributed by atoms with E-state index >= 15 is 0 Å². The number of H-pyrrole nitrogens is 1. The summed E-state index contributed by atoms with van der Waals surface area (Å²) in [6, 6.07) is 3.12. The second kappa shape index (κ2) is 6.25. The van der Waals surface area contributed by atoms with Crippen LogP contribution in [-0.4, -0.2) is 25.2 Å². The first-order valence-corrected chi connectivity index (χ1v) is 8.65. The van der Waals surface area contributed by atoms with E-state index in [1.54, 1.807) is 19.9 Å². The van der Waals surface area contributed by atoms with Crippen molar-refractivity contribution in [2.45, 2.75) is 18.7 Å². The summed E-state index contributed by atoms with van der Waals surface area (Å²) in [5.74, 6) is 0.381. The lowest BCUT2D eigenvalue weighted by atomic mass is 10.3. The minimum atomic E-state index is -3.78. The van der Waals surface area contributed by atoms with Gasteiger partial charge in [-0.15, -0.1) is 0 Å². The molecule has 0 radical (unpaired) electrons. The van der Waals surface area contributed by atoms with Gasteiger partial charge >= 0.3 is 0 Å². The predicted molar refractivity (Wildman–Crippen MR) is 84.5 cm³/mol. The van der Waals surface area contributed by atoms with Crippen LogP contribution < -0.4 is 9.46 Å². The molecule has 6 nitrogen and oxygen atoms in total. The Balaban J connectivity index is 2.46. The normalized spacial score (nSPS) is 11.4. The highest BCUT2D eigenvalue weighted by atomic mass is 79.9. The second-order valence-electron chi connectivity index (χ2n) is 4.16. The second-order valence-corrected chi connectivity index (χ2v) is 7.10. The maximum absolute atomic E-state index is 12.4. The summed E-state index contributed by atoms with van der Waals surface area (Å²) in [5.41, 5.74) is 0.707. The van der Waals surface area contributed by atoms with Gasteiger partial charge in [-0.2, -0.15) is 5.10 Å². The maximum atomic E-state index is 12.4. The van der Waals surface area contributed by atoms with Crippen LogP contribution >= 0.6 is 27.5 Å². The summed E-state index contributed by atoms with van der Waals surface area (Å²) < 4.78 is 33.3. The van der Waals surface area contributed by atoms with Gasteiger partial charge in [-0.25, -0.2) is 8.42 Å². The highest BCUT2D eigenvalue weighted by molar-refractivity contribution is 9.10. The topological polar surface area (TPSA) is 84.1 Å². The molecule has 0 atom stereocenters. The number of aromatic nitrogens is 2. The number of aryl methyl sites for hydroxylation is 1. The van der Waals surface area contributed by atoms with Gasteiger partial charge in [0.2, 0.25) is 0 Å². The number of rotatable bonds is 5. The summed E-state index contributed by atoms with van der Waals surface area (Å²) in [7, 11) is -3.78. The van der Waals surface area contributed by atoms with Gasteiger partial charge in [0.25, 0.3) is 10.0 Å². The first kappa shape index (κ1) is 16.1. The Labute approximate surface area is 136 Å². The molecule has 0 saturated heterocycles. The first-order chi connectivity index (χ1) is 9.85. The van der Waals surface area contributed by atoms with E-state index in [-0.39, 0.29) is 10.6 Å². The molecular weight excluding hydrogens is 382 g/mol. The number of halogens is 2. The smallest absolute Gasteiger partial charge is 0.265 e. The Morgan fingerprint density at radius 1 is 1.48 bits per heavy atom. The van der Waals surface area contributed by atoms with Crippen molar-refractivity contribution in [1.82, 2.24) is 10.2 Å². The quantitative estimate of drug-likeness (QED) is 0.814. The highest BCUT2D eigenvalue weighted by Crippen LogP contribution is 2.37. The van der Waals surface area contributed by atoms with Gasteiger partial charge in [0.1, 0.15) is 4.90 Å². The SMILES string of the molecule is CCOc1c(Br)cc(Cl)cc1NS(=O)(=O)c1cn[nH]c1C. The van der Waals surface area contributed by atoms with Gasteiger partial charge in [0, 0.05) is 5.02 Å². The molecule has 114 valence electrons. The number of nitrogens with zero attached hydrogens (tertiary/aromatic N) is 1. The number of hydrogen-bond acceptors (Lipinski definition) is 4. The Morgan fingerprint density at radius 3 is 2.76 bits per heavy atom. The van der Waals surface area contributed by atoms with E-state index in [9.17, 15) is 8.42 Å². The largest absolute Gasteiger partial charge is 0.490 e. The molecule has 0 unspecified atom stereocenters. The van der Waals surface area contributed by atoms with Crippen molar-refractivity contribution in [3.63, 3.8) is 0 Å². The lowest BCUT2D eigenvalue weighted by molar-refractivity contribution is 0.340. The lowest BCUT2D eigenvalue weighted by Gasteiger charge is -2.14. The summed E-state index contributed by atoms with van der Waals surface area (Å²) in [4.78, 5) is 0.0704. The van der Waals surface area contributed by atoms with E-state index in [1.165, 1.54) is 12.3 Å². The maximum Gasteiger partial charge on any atom is 0.265 e. The third-order valence-electron chi connectivity index (χ3n) is 2.61. The number of sulfonamides is 1. The van der Waals surface area contributed by atoms with Crippen molar-refractivity contribution < 1.29 is 13.2 Å². The molecule has 1 aromatic carbocycles. The molecule has 1 aromatic heterocycles. The van der Waals surface area contributed by atoms with Crippen molar-refractivity contribution in [2.75, 3.05) is 11.3 Å². The molecule has 2 N–H and O–H groups in total. The van der Waals surface area contributed by atoms with Gasteiger partial charge in [0.15, 0.2) is 5.75 Å². The van der Waals surface area contributed by atoms with Gasteiger partial charge in [0.05, 0.1) is 28.7 Å². The van der Waals surface area contributed by atoms with Crippen LogP contribution in [-0.2, 0) is 10.0 Å². The van der Waals surface area contributed by atoms with Crippen molar-refractivity contribution in [1.29, 1.82) is 0 Å². The molecule has 0 aliphatic rings. The molecule has 0 amide bonds. The van der Waals surface area contributed by atoms with Crippen LogP contribution in [0.25, 0.3) is 0 Å². The Morgan fingerprint density at radius 2 is 2.19 bits per heavy atom. The van der Waals surface area contributed by atoms with Crippen LogP contribution in [0.3, 0.4) is 0 Å². The molecule has 0 fully saturated rings. The van der Waals surface area contributed by atoms with E-state index < -0.39 is 10.0 Å². The lowest BCUT2D eigenvalue weighted by Crippen LogP contribution is -2.14. The molecular formula is C12H13BrClN3O3S. The summed E-state index contributed by atoms with van der Waals surface area (Å²) in [5, 5.41) is 6.68. The van der Waals surface area contributed by atoms with E-state index in [2.05, 4.69) is 30.8 Å². The Bertz CT molecular complexity index is 761. The number of benzene rings is 1. The van der Waals surface area contributed by atoms with Crippen molar-refractivity contribution in [3.05, 3.63) is 33.5 Å². The standard InChI is InChI=1S/C12H13BrClN3O3S/c1-3-20-12-9(13)4-8(14)5-10(12)17-21(18,19)11-6-15-16-7(11)2/h4-6,17H,3H2,1-2H3,(H,15,16). The van der Waals surface area contributed by atoms with Crippen molar-refractivity contribution >= 4 is 43.2 Å². The minimum absolute atomic E-state index is 0.0704. The molecule has 0 spiro atoms. The fourth-order valence-electron chi connectivity index (χ4n) is 1.74. The Kier molecular flexibility index (Phi) is 4.80. The highest BCUT2D eigenvalue weighted by Gasteiger charge is 2.21. The monoisotopic (exact) mass is 393 g/mol. The zero-order chi connectivity index (χ0) is 15.6. The van der Waals surface area contributed by atoms with Gasteiger partial charge in [-0.1, -0.05) is 11.6 Å². The third kappa shape index (κ3) is 3.50.